The van der Waals surface area contributed by atoms with Crippen molar-refractivity contribution < 1.29 is 9.90 Å². The predicted molar refractivity (Wildman–Crippen MR) is 84.2 cm³/mol. The molecule has 0 saturated carbocycles. The SMILES string of the molecule is O=C(O)NCc1ncc(Sc2ccc3c(c2)CCCC3)s1. The molecule has 1 heterocycles. The third kappa shape index (κ3) is 3.77. The molecule has 1 aromatic carbocycles. The lowest BCUT2D eigenvalue weighted by atomic mass is 9.92. The number of aromatic nitrogens is 1. The summed E-state index contributed by atoms with van der Waals surface area (Å²) in [6, 6.07) is 6.70. The van der Waals surface area contributed by atoms with Crippen LogP contribution in [-0.2, 0) is 19.4 Å². The summed E-state index contributed by atoms with van der Waals surface area (Å²) in [6.45, 7) is 0.269. The van der Waals surface area contributed by atoms with E-state index in [0.717, 1.165) is 9.22 Å². The highest BCUT2D eigenvalue weighted by Crippen LogP contribution is 2.34. The molecule has 110 valence electrons. The fourth-order valence-electron chi connectivity index (χ4n) is 2.46. The van der Waals surface area contributed by atoms with E-state index in [-0.39, 0.29) is 6.54 Å². The van der Waals surface area contributed by atoms with E-state index < -0.39 is 6.09 Å². The maximum absolute atomic E-state index is 10.5. The van der Waals surface area contributed by atoms with Gasteiger partial charge >= 0.3 is 6.09 Å². The number of rotatable bonds is 4. The Bertz CT molecular complexity index is 655. The number of thiazole rings is 1. The van der Waals surface area contributed by atoms with Gasteiger partial charge in [0.2, 0.25) is 0 Å². The van der Waals surface area contributed by atoms with E-state index in [1.165, 1.54) is 53.0 Å². The van der Waals surface area contributed by atoms with Crippen molar-refractivity contribution in [3.63, 3.8) is 0 Å². The monoisotopic (exact) mass is 320 g/mol. The molecule has 1 aliphatic rings. The second kappa shape index (κ2) is 6.49. The zero-order valence-corrected chi connectivity index (χ0v) is 13.1. The Morgan fingerprint density at radius 2 is 2.14 bits per heavy atom. The molecule has 3 rings (SSSR count). The largest absolute Gasteiger partial charge is 0.465 e. The molecule has 0 radical (unpaired) electrons. The number of benzene rings is 1. The van der Waals surface area contributed by atoms with Crippen molar-refractivity contribution in [2.24, 2.45) is 0 Å². The van der Waals surface area contributed by atoms with Gasteiger partial charge in [0.05, 0.1) is 17.0 Å². The quantitative estimate of drug-likeness (QED) is 0.895. The first kappa shape index (κ1) is 14.4. The normalized spacial score (nSPS) is 13.7. The van der Waals surface area contributed by atoms with Crippen molar-refractivity contribution in [3.05, 3.63) is 40.5 Å². The average Bonchev–Trinajstić information content (AvgIpc) is 2.92. The molecule has 0 aliphatic heterocycles. The second-order valence-corrected chi connectivity index (χ2v) is 7.46. The van der Waals surface area contributed by atoms with Crippen LogP contribution in [0.3, 0.4) is 0 Å². The van der Waals surface area contributed by atoms with Gasteiger partial charge in [-0.3, -0.25) is 0 Å². The molecule has 1 amide bonds. The van der Waals surface area contributed by atoms with Crippen molar-refractivity contribution in [1.82, 2.24) is 10.3 Å². The lowest BCUT2D eigenvalue weighted by Crippen LogP contribution is -2.19. The van der Waals surface area contributed by atoms with Gasteiger partial charge in [-0.2, -0.15) is 0 Å². The number of amides is 1. The van der Waals surface area contributed by atoms with Crippen molar-refractivity contribution in [2.45, 2.75) is 41.3 Å². The highest BCUT2D eigenvalue weighted by Gasteiger charge is 2.11. The summed E-state index contributed by atoms with van der Waals surface area (Å²) >= 11 is 3.23. The van der Waals surface area contributed by atoms with Gasteiger partial charge in [-0.1, -0.05) is 17.8 Å². The van der Waals surface area contributed by atoms with Crippen LogP contribution in [0, 0.1) is 0 Å². The third-order valence-corrected chi connectivity index (χ3v) is 5.55. The van der Waals surface area contributed by atoms with Crippen molar-refractivity contribution in [2.75, 3.05) is 0 Å². The number of aryl methyl sites for hydroxylation is 2. The predicted octanol–water partition coefficient (Wildman–Crippen LogP) is 3.94. The van der Waals surface area contributed by atoms with Gasteiger partial charge in [0.25, 0.3) is 0 Å². The van der Waals surface area contributed by atoms with Crippen LogP contribution < -0.4 is 5.32 Å². The molecule has 0 saturated heterocycles. The van der Waals surface area contributed by atoms with Crippen LogP contribution >= 0.6 is 23.1 Å². The fraction of sp³-hybridized carbons (Fsp3) is 0.333. The van der Waals surface area contributed by atoms with Gasteiger partial charge in [-0.05, 0) is 48.9 Å². The van der Waals surface area contributed by atoms with Crippen LogP contribution in [0.1, 0.15) is 29.0 Å². The van der Waals surface area contributed by atoms with Crippen LogP contribution in [0.5, 0.6) is 0 Å². The summed E-state index contributed by atoms with van der Waals surface area (Å²) in [5.74, 6) is 0. The first-order chi connectivity index (χ1) is 10.2. The van der Waals surface area contributed by atoms with Gasteiger partial charge in [0.15, 0.2) is 0 Å². The smallest absolute Gasteiger partial charge is 0.405 e. The second-order valence-electron chi connectivity index (χ2n) is 4.97. The van der Waals surface area contributed by atoms with Gasteiger partial charge in [0.1, 0.15) is 5.01 Å². The van der Waals surface area contributed by atoms with Crippen LogP contribution in [0.25, 0.3) is 0 Å². The molecule has 0 fully saturated rings. The standard InChI is InChI=1S/C15H16N2O2S2/c18-15(19)17-8-13-16-9-14(21-13)20-12-6-5-10-3-1-2-4-11(10)7-12/h5-7,9,17H,1-4,8H2,(H,18,19). The zero-order chi connectivity index (χ0) is 14.7. The minimum Gasteiger partial charge on any atom is -0.465 e. The lowest BCUT2D eigenvalue weighted by Gasteiger charge is -2.16. The van der Waals surface area contributed by atoms with Crippen molar-refractivity contribution in [1.29, 1.82) is 0 Å². The highest BCUT2D eigenvalue weighted by atomic mass is 32.2. The molecule has 1 aliphatic carbocycles. The number of fused-ring (bicyclic) bond motifs is 1. The molecule has 4 nitrogen and oxygen atoms in total. The molecule has 0 unspecified atom stereocenters. The van der Waals surface area contributed by atoms with Crippen molar-refractivity contribution >= 4 is 29.2 Å². The third-order valence-electron chi connectivity index (χ3n) is 3.46. The summed E-state index contributed by atoms with van der Waals surface area (Å²) in [5.41, 5.74) is 2.96. The molecular weight excluding hydrogens is 304 g/mol. The van der Waals surface area contributed by atoms with Gasteiger partial charge < -0.3 is 10.4 Å². The number of carbonyl (C=O) groups is 1. The van der Waals surface area contributed by atoms with Gasteiger partial charge in [-0.15, -0.1) is 11.3 Å². The average molecular weight is 320 g/mol. The number of nitrogens with zero attached hydrogens (tertiary/aromatic N) is 1. The van der Waals surface area contributed by atoms with E-state index in [2.05, 4.69) is 28.5 Å². The lowest BCUT2D eigenvalue weighted by molar-refractivity contribution is 0.194. The Labute approximate surface area is 131 Å². The molecule has 2 aromatic rings. The van der Waals surface area contributed by atoms with Gasteiger partial charge in [-0.25, -0.2) is 9.78 Å². The first-order valence-electron chi connectivity index (χ1n) is 6.92. The molecule has 0 bridgehead atoms. The van der Waals surface area contributed by atoms with Crippen LogP contribution in [0.15, 0.2) is 33.5 Å². The van der Waals surface area contributed by atoms with Crippen LogP contribution in [-0.4, -0.2) is 16.2 Å². The molecule has 1 aromatic heterocycles. The Hall–Kier alpha value is -1.53. The summed E-state index contributed by atoms with van der Waals surface area (Å²) in [5, 5.41) is 11.7. The highest BCUT2D eigenvalue weighted by molar-refractivity contribution is 8.01. The minimum absolute atomic E-state index is 0.269. The number of carboxylic acid groups (broad SMARTS) is 1. The van der Waals surface area contributed by atoms with E-state index in [9.17, 15) is 4.79 Å². The topological polar surface area (TPSA) is 62.2 Å². The molecule has 21 heavy (non-hydrogen) atoms. The van der Waals surface area contributed by atoms with Crippen molar-refractivity contribution in [3.8, 4) is 0 Å². The molecule has 0 atom stereocenters. The number of nitrogens with one attached hydrogen (secondary N) is 1. The van der Waals surface area contributed by atoms with Crippen LogP contribution in [0.4, 0.5) is 4.79 Å². The summed E-state index contributed by atoms with van der Waals surface area (Å²) < 4.78 is 1.09. The molecule has 0 spiro atoms. The van der Waals surface area contributed by atoms with E-state index in [1.54, 1.807) is 11.8 Å². The first-order valence-corrected chi connectivity index (χ1v) is 8.55. The van der Waals surface area contributed by atoms with Crippen LogP contribution in [0.2, 0.25) is 0 Å². The maximum Gasteiger partial charge on any atom is 0.405 e. The molecule has 2 N–H and O–H groups in total. The maximum atomic E-state index is 10.5. The number of hydrogen-bond acceptors (Lipinski definition) is 4. The van der Waals surface area contributed by atoms with E-state index in [1.807, 2.05) is 6.20 Å². The Balaban J connectivity index is 1.67. The fourth-order valence-corrected chi connectivity index (χ4v) is 4.47. The van der Waals surface area contributed by atoms with E-state index in [0.29, 0.717) is 0 Å². The Morgan fingerprint density at radius 3 is 2.95 bits per heavy atom. The Morgan fingerprint density at radius 1 is 1.33 bits per heavy atom. The summed E-state index contributed by atoms with van der Waals surface area (Å²) in [7, 11) is 0. The van der Waals surface area contributed by atoms with Gasteiger partial charge in [0, 0.05) is 4.90 Å². The zero-order valence-electron chi connectivity index (χ0n) is 11.5. The summed E-state index contributed by atoms with van der Waals surface area (Å²) in [6.07, 6.45) is 5.76. The molecule has 6 heteroatoms. The minimum atomic E-state index is -1.02. The van der Waals surface area contributed by atoms with E-state index in [4.69, 9.17) is 5.11 Å². The van der Waals surface area contributed by atoms with E-state index >= 15 is 0 Å². The summed E-state index contributed by atoms with van der Waals surface area (Å²) in [4.78, 5) is 15.9. The molecular formula is C15H16N2O2S2. The Kier molecular flexibility index (Phi) is 4.45. The number of hydrogen-bond donors (Lipinski definition) is 2.